The number of carbonyl (C=O) groups is 1. The molecule has 1 spiro atoms. The maximum atomic E-state index is 13.0. The number of halogens is 1. The molecule has 1 atom stereocenters. The van der Waals surface area contributed by atoms with Crippen LogP contribution in [0.2, 0.25) is 0 Å². The summed E-state index contributed by atoms with van der Waals surface area (Å²) >= 11 is 0. The first-order valence-electron chi connectivity index (χ1n) is 9.64. The van der Waals surface area contributed by atoms with Gasteiger partial charge in [0.05, 0.1) is 5.69 Å². The summed E-state index contributed by atoms with van der Waals surface area (Å²) in [6.07, 6.45) is 6.48. The molecule has 2 saturated heterocycles. The second-order valence-corrected chi connectivity index (χ2v) is 7.66. The van der Waals surface area contributed by atoms with Crippen molar-refractivity contribution in [2.24, 2.45) is 0 Å². The van der Waals surface area contributed by atoms with Crippen LogP contribution in [-0.2, 0) is 11.3 Å². The van der Waals surface area contributed by atoms with Gasteiger partial charge in [0.1, 0.15) is 12.3 Å². The number of fused-ring (bicyclic) bond motifs is 1. The zero-order chi connectivity index (χ0) is 18.1. The van der Waals surface area contributed by atoms with Crippen molar-refractivity contribution in [2.75, 3.05) is 26.3 Å². The largest absolute Gasteiger partial charge is 0.334 e. The minimum Gasteiger partial charge on any atom is -0.334 e. The number of carbonyl (C=O) groups excluding carboxylic acids is 1. The number of rotatable bonds is 4. The molecule has 0 aliphatic carbocycles. The molecule has 4 rings (SSSR count). The smallest absolute Gasteiger partial charge is 0.223 e. The molecule has 5 nitrogen and oxygen atoms in total. The van der Waals surface area contributed by atoms with Crippen molar-refractivity contribution in [2.45, 2.75) is 51.1 Å². The Labute approximate surface area is 153 Å². The van der Waals surface area contributed by atoms with Gasteiger partial charge in [-0.05, 0) is 51.3 Å². The lowest BCUT2D eigenvalue weighted by Crippen LogP contribution is -2.47. The van der Waals surface area contributed by atoms with Crippen molar-refractivity contribution >= 4 is 11.6 Å². The molecule has 26 heavy (non-hydrogen) atoms. The van der Waals surface area contributed by atoms with E-state index in [0.717, 1.165) is 56.7 Å². The van der Waals surface area contributed by atoms with Gasteiger partial charge in [-0.3, -0.25) is 9.69 Å². The van der Waals surface area contributed by atoms with Gasteiger partial charge in [0, 0.05) is 43.5 Å². The number of likely N-dealkylation sites (tertiary alicyclic amines) is 2. The predicted molar refractivity (Wildman–Crippen MR) is 98.7 cm³/mol. The lowest BCUT2D eigenvalue weighted by atomic mass is 9.88. The number of amides is 1. The van der Waals surface area contributed by atoms with E-state index in [9.17, 15) is 9.18 Å². The zero-order valence-corrected chi connectivity index (χ0v) is 15.5. The van der Waals surface area contributed by atoms with Crippen LogP contribution in [0.3, 0.4) is 0 Å². The van der Waals surface area contributed by atoms with Crippen LogP contribution in [0, 0.1) is 6.92 Å². The van der Waals surface area contributed by atoms with E-state index in [2.05, 4.69) is 22.4 Å². The minimum atomic E-state index is -0.447. The van der Waals surface area contributed by atoms with Gasteiger partial charge in [0.2, 0.25) is 5.91 Å². The van der Waals surface area contributed by atoms with E-state index in [4.69, 9.17) is 4.98 Å². The molecule has 0 unspecified atom stereocenters. The molecule has 2 aliphatic heterocycles. The Morgan fingerprint density at radius 1 is 1.23 bits per heavy atom. The van der Waals surface area contributed by atoms with Crippen LogP contribution in [0.1, 0.15) is 43.5 Å². The molecule has 2 aromatic rings. The number of aryl methyl sites for hydroxylation is 1. The number of hydrogen-bond donors (Lipinski definition) is 0. The number of alkyl halides is 1. The van der Waals surface area contributed by atoms with Gasteiger partial charge in [-0.2, -0.15) is 0 Å². The average molecular weight is 358 g/mol. The van der Waals surface area contributed by atoms with Crippen LogP contribution in [0.4, 0.5) is 4.39 Å². The Morgan fingerprint density at radius 3 is 2.92 bits per heavy atom. The third-order valence-corrected chi connectivity index (χ3v) is 6.24. The molecule has 6 heteroatoms. The highest BCUT2D eigenvalue weighted by molar-refractivity contribution is 5.79. The van der Waals surface area contributed by atoms with Gasteiger partial charge >= 0.3 is 0 Å². The van der Waals surface area contributed by atoms with E-state index in [1.807, 2.05) is 23.1 Å². The van der Waals surface area contributed by atoms with E-state index in [0.29, 0.717) is 6.42 Å². The van der Waals surface area contributed by atoms with Crippen LogP contribution in [0.15, 0.2) is 24.4 Å². The first kappa shape index (κ1) is 17.5. The van der Waals surface area contributed by atoms with Crippen molar-refractivity contribution in [1.29, 1.82) is 0 Å². The summed E-state index contributed by atoms with van der Waals surface area (Å²) in [6.45, 7) is 4.70. The molecular formula is C20H27FN4O. The lowest BCUT2D eigenvalue weighted by molar-refractivity contribution is -0.131. The van der Waals surface area contributed by atoms with Crippen molar-refractivity contribution < 1.29 is 9.18 Å². The van der Waals surface area contributed by atoms with Crippen molar-refractivity contribution in [3.8, 4) is 0 Å². The summed E-state index contributed by atoms with van der Waals surface area (Å²) in [4.78, 5) is 21.3. The number of hydrogen-bond acceptors (Lipinski definition) is 3. The highest BCUT2D eigenvalue weighted by Gasteiger charge is 2.45. The second kappa shape index (κ2) is 6.99. The highest BCUT2D eigenvalue weighted by Crippen LogP contribution is 2.39. The summed E-state index contributed by atoms with van der Waals surface area (Å²) in [7, 11) is 0. The van der Waals surface area contributed by atoms with Crippen LogP contribution in [0.25, 0.3) is 5.65 Å². The van der Waals surface area contributed by atoms with E-state index in [1.165, 1.54) is 5.69 Å². The van der Waals surface area contributed by atoms with Gasteiger partial charge in [-0.1, -0.05) is 6.07 Å². The van der Waals surface area contributed by atoms with Gasteiger partial charge in [-0.25, -0.2) is 9.37 Å². The standard InChI is InChI=1S/C20H27FN4O/c1-16-17(22-18-5-2-3-12-24(16)18)15-23-11-4-7-20(9-13-23)8-6-19(26)25(20)14-10-21/h2-3,5,12H,4,6-11,13-15H2,1H3/t20-/m1/s1. The Kier molecular flexibility index (Phi) is 4.69. The SMILES string of the molecule is Cc1c(CN2CCC[C@@]3(CCC(=O)N3CCF)CC2)nc2ccccn12. The molecule has 0 aromatic carbocycles. The molecule has 0 radical (unpaired) electrons. The van der Waals surface area contributed by atoms with E-state index in [1.54, 1.807) is 0 Å². The summed E-state index contributed by atoms with van der Waals surface area (Å²) < 4.78 is 15.1. The second-order valence-electron chi connectivity index (χ2n) is 7.66. The topological polar surface area (TPSA) is 40.9 Å². The Hall–Kier alpha value is -1.95. The zero-order valence-electron chi connectivity index (χ0n) is 15.5. The van der Waals surface area contributed by atoms with Crippen LogP contribution >= 0.6 is 0 Å². The molecule has 0 saturated carbocycles. The summed E-state index contributed by atoms with van der Waals surface area (Å²) in [6, 6.07) is 6.07. The molecule has 2 aliphatic rings. The van der Waals surface area contributed by atoms with Crippen LogP contribution in [0.5, 0.6) is 0 Å². The maximum absolute atomic E-state index is 13.0. The Morgan fingerprint density at radius 2 is 2.12 bits per heavy atom. The van der Waals surface area contributed by atoms with Gasteiger partial charge in [0.25, 0.3) is 0 Å². The summed E-state index contributed by atoms with van der Waals surface area (Å²) in [5.41, 5.74) is 3.18. The Bertz CT molecular complexity index is 804. The van der Waals surface area contributed by atoms with Crippen LogP contribution < -0.4 is 0 Å². The monoisotopic (exact) mass is 358 g/mol. The average Bonchev–Trinajstić information content (AvgIpc) is 3.02. The summed E-state index contributed by atoms with van der Waals surface area (Å²) in [5, 5.41) is 0. The van der Waals surface area contributed by atoms with E-state index < -0.39 is 6.67 Å². The first-order chi connectivity index (χ1) is 12.6. The molecule has 0 N–H and O–H groups in total. The predicted octanol–water partition coefficient (Wildman–Crippen LogP) is 2.96. The minimum absolute atomic E-state index is 0.119. The fourth-order valence-corrected chi connectivity index (χ4v) is 4.76. The number of pyridine rings is 1. The molecule has 0 bridgehead atoms. The molecule has 2 fully saturated rings. The molecule has 2 aromatic heterocycles. The van der Waals surface area contributed by atoms with E-state index in [-0.39, 0.29) is 18.0 Å². The fourth-order valence-electron chi connectivity index (χ4n) is 4.76. The fraction of sp³-hybridized carbons (Fsp3) is 0.600. The number of imidazole rings is 1. The normalized spacial score (nSPS) is 24.7. The first-order valence-corrected chi connectivity index (χ1v) is 9.64. The number of nitrogens with zero attached hydrogens (tertiary/aromatic N) is 4. The summed E-state index contributed by atoms with van der Waals surface area (Å²) in [5.74, 6) is 0.132. The molecule has 1 amide bonds. The maximum Gasteiger partial charge on any atom is 0.223 e. The van der Waals surface area contributed by atoms with Crippen LogP contribution in [-0.4, -0.2) is 56.9 Å². The van der Waals surface area contributed by atoms with Gasteiger partial charge < -0.3 is 9.30 Å². The van der Waals surface area contributed by atoms with Crippen molar-refractivity contribution in [1.82, 2.24) is 19.2 Å². The lowest BCUT2D eigenvalue weighted by Gasteiger charge is -2.37. The third kappa shape index (κ3) is 3.00. The van der Waals surface area contributed by atoms with E-state index >= 15 is 0 Å². The molecule has 4 heterocycles. The van der Waals surface area contributed by atoms with Gasteiger partial charge in [-0.15, -0.1) is 0 Å². The number of aromatic nitrogens is 2. The van der Waals surface area contributed by atoms with Crippen molar-refractivity contribution in [3.63, 3.8) is 0 Å². The molecular weight excluding hydrogens is 331 g/mol. The quantitative estimate of drug-likeness (QED) is 0.844. The van der Waals surface area contributed by atoms with Gasteiger partial charge in [0.15, 0.2) is 0 Å². The van der Waals surface area contributed by atoms with Crippen molar-refractivity contribution in [3.05, 3.63) is 35.8 Å². The Balaban J connectivity index is 1.48. The highest BCUT2D eigenvalue weighted by atomic mass is 19.1. The third-order valence-electron chi connectivity index (χ3n) is 6.24. The molecule has 140 valence electrons.